The molecule has 1 amide bonds. The molecule has 0 saturated heterocycles. The van der Waals surface area contributed by atoms with E-state index in [0.29, 0.717) is 5.01 Å². The number of thiazole rings is 1. The summed E-state index contributed by atoms with van der Waals surface area (Å²) in [7, 11) is 0. The molecule has 1 heterocycles. The summed E-state index contributed by atoms with van der Waals surface area (Å²) in [5, 5.41) is 14.5. The van der Waals surface area contributed by atoms with Crippen LogP contribution >= 0.6 is 11.3 Å². The van der Waals surface area contributed by atoms with Crippen LogP contribution in [0.5, 0.6) is 0 Å². The summed E-state index contributed by atoms with van der Waals surface area (Å²) in [6, 6.07) is 11.4. The molecule has 0 aliphatic heterocycles. The van der Waals surface area contributed by atoms with E-state index in [9.17, 15) is 14.9 Å². The molecule has 6 heteroatoms. The number of carbonyl (C=O) groups excluding carboxylic acids is 2. The monoisotopic (exact) mass is 353 g/mol. The molecule has 1 aliphatic rings. The van der Waals surface area contributed by atoms with Crippen molar-refractivity contribution < 1.29 is 9.59 Å². The number of nitriles is 1. The van der Waals surface area contributed by atoms with E-state index in [1.54, 1.807) is 5.38 Å². The van der Waals surface area contributed by atoms with Crippen molar-refractivity contribution >= 4 is 23.0 Å². The molecule has 0 bridgehead atoms. The van der Waals surface area contributed by atoms with Crippen LogP contribution in [0.1, 0.15) is 42.6 Å². The lowest BCUT2D eigenvalue weighted by molar-refractivity contribution is -0.123. The predicted octanol–water partition coefficient (Wildman–Crippen LogP) is 3.58. The summed E-state index contributed by atoms with van der Waals surface area (Å²) in [6.07, 6.45) is 5.14. The van der Waals surface area contributed by atoms with Crippen LogP contribution in [-0.2, 0) is 4.79 Å². The maximum absolute atomic E-state index is 12.6. The van der Waals surface area contributed by atoms with Crippen LogP contribution < -0.4 is 5.32 Å². The van der Waals surface area contributed by atoms with E-state index < -0.39 is 17.6 Å². The lowest BCUT2D eigenvalue weighted by atomic mass is 9.94. The topological polar surface area (TPSA) is 82.9 Å². The zero-order valence-electron chi connectivity index (χ0n) is 13.8. The summed E-state index contributed by atoms with van der Waals surface area (Å²) in [5.74, 6) is -2.38. The van der Waals surface area contributed by atoms with E-state index in [1.165, 1.54) is 17.8 Å². The number of ketones is 1. The van der Waals surface area contributed by atoms with Gasteiger partial charge in [0.2, 0.25) is 11.7 Å². The highest BCUT2D eigenvalue weighted by Gasteiger charge is 2.31. The zero-order chi connectivity index (χ0) is 17.6. The number of nitrogens with zero attached hydrogens (tertiary/aromatic N) is 2. The number of hydrogen-bond acceptors (Lipinski definition) is 5. The Morgan fingerprint density at radius 2 is 1.92 bits per heavy atom. The van der Waals surface area contributed by atoms with E-state index >= 15 is 0 Å². The second-order valence-corrected chi connectivity index (χ2v) is 7.03. The summed E-state index contributed by atoms with van der Waals surface area (Å²) >= 11 is 1.33. The van der Waals surface area contributed by atoms with Crippen LogP contribution in [0.3, 0.4) is 0 Å². The van der Waals surface area contributed by atoms with Crippen molar-refractivity contribution in [2.75, 3.05) is 0 Å². The van der Waals surface area contributed by atoms with E-state index in [4.69, 9.17) is 0 Å². The first kappa shape index (κ1) is 17.3. The van der Waals surface area contributed by atoms with Crippen LogP contribution in [0, 0.1) is 17.2 Å². The molecule has 1 saturated carbocycles. The maximum atomic E-state index is 12.6. The molecule has 1 aliphatic carbocycles. The van der Waals surface area contributed by atoms with Crippen molar-refractivity contribution in [2.45, 2.75) is 38.1 Å². The Labute approximate surface area is 150 Å². The number of amides is 1. The number of rotatable bonds is 5. The Bertz CT molecular complexity index is 789. The summed E-state index contributed by atoms with van der Waals surface area (Å²) in [5.41, 5.74) is 1.08. The first-order valence-corrected chi connectivity index (χ1v) is 9.32. The fourth-order valence-electron chi connectivity index (χ4n) is 3.02. The van der Waals surface area contributed by atoms with Gasteiger partial charge in [-0.2, -0.15) is 5.26 Å². The minimum absolute atomic E-state index is 0.0696. The Kier molecular flexibility index (Phi) is 5.56. The van der Waals surface area contributed by atoms with Gasteiger partial charge in [0.15, 0.2) is 5.92 Å². The third kappa shape index (κ3) is 4.12. The lowest BCUT2D eigenvalue weighted by Crippen LogP contribution is -2.42. The minimum Gasteiger partial charge on any atom is -0.352 e. The second-order valence-electron chi connectivity index (χ2n) is 6.17. The largest absolute Gasteiger partial charge is 0.352 e. The average Bonchev–Trinajstić information content (AvgIpc) is 3.14. The smallest absolute Gasteiger partial charge is 0.245 e. The minimum atomic E-state index is -1.34. The number of benzene rings is 1. The van der Waals surface area contributed by atoms with Crippen molar-refractivity contribution in [1.29, 1.82) is 5.26 Å². The lowest BCUT2D eigenvalue weighted by Gasteiger charge is -2.23. The highest BCUT2D eigenvalue weighted by atomic mass is 32.1. The highest BCUT2D eigenvalue weighted by molar-refractivity contribution is 7.13. The molecular formula is C19H19N3O2S. The van der Waals surface area contributed by atoms with Crippen LogP contribution in [0.2, 0.25) is 0 Å². The normalized spacial score (nSPS) is 16.0. The van der Waals surface area contributed by atoms with Crippen molar-refractivity contribution in [3.63, 3.8) is 0 Å². The Hall–Kier alpha value is -2.52. The Balaban J connectivity index is 1.71. The van der Waals surface area contributed by atoms with Gasteiger partial charge >= 0.3 is 0 Å². The average molecular weight is 353 g/mol. The molecule has 1 fully saturated rings. The van der Waals surface area contributed by atoms with Crippen molar-refractivity contribution in [2.24, 2.45) is 5.92 Å². The predicted molar refractivity (Wildman–Crippen MR) is 96.0 cm³/mol. The van der Waals surface area contributed by atoms with Gasteiger partial charge in [0.05, 0.1) is 6.07 Å². The first-order valence-electron chi connectivity index (χ1n) is 8.44. The van der Waals surface area contributed by atoms with E-state index in [-0.39, 0.29) is 11.7 Å². The Morgan fingerprint density at radius 3 is 2.60 bits per heavy atom. The van der Waals surface area contributed by atoms with Gasteiger partial charge in [0.25, 0.3) is 0 Å². The molecule has 128 valence electrons. The fourth-order valence-corrected chi connectivity index (χ4v) is 3.83. The standard InChI is InChI=1S/C19H19N3O2S/c20-11-15(18(24)21-14-9-5-2-6-10-14)17(23)16-12-25-19(22-16)13-7-3-1-4-8-13/h1,3-4,7-8,12,14-15H,2,5-6,9-10H2,(H,21,24). The van der Waals surface area contributed by atoms with Gasteiger partial charge in [0.1, 0.15) is 10.7 Å². The van der Waals surface area contributed by atoms with Gasteiger partial charge in [-0.25, -0.2) is 4.98 Å². The third-order valence-corrected chi connectivity index (χ3v) is 5.27. The SMILES string of the molecule is N#CC(C(=O)NC1CCCCC1)C(=O)c1csc(-c2ccccc2)n1. The van der Waals surface area contributed by atoms with Crippen LogP contribution in [0.15, 0.2) is 35.7 Å². The summed E-state index contributed by atoms with van der Waals surface area (Å²) in [4.78, 5) is 29.2. The quantitative estimate of drug-likeness (QED) is 0.658. The van der Waals surface area contributed by atoms with Crippen molar-refractivity contribution in [3.05, 3.63) is 41.4 Å². The number of carbonyl (C=O) groups is 2. The van der Waals surface area contributed by atoms with Crippen LogP contribution in [0.4, 0.5) is 0 Å². The van der Waals surface area contributed by atoms with Gasteiger partial charge < -0.3 is 5.32 Å². The number of nitrogens with one attached hydrogen (secondary N) is 1. The molecule has 5 nitrogen and oxygen atoms in total. The molecule has 0 radical (unpaired) electrons. The van der Waals surface area contributed by atoms with Gasteiger partial charge in [0, 0.05) is 17.0 Å². The van der Waals surface area contributed by atoms with Gasteiger partial charge in [-0.3, -0.25) is 9.59 Å². The molecule has 1 unspecified atom stereocenters. The Morgan fingerprint density at radius 1 is 1.20 bits per heavy atom. The third-order valence-electron chi connectivity index (χ3n) is 4.38. The van der Waals surface area contributed by atoms with E-state index in [2.05, 4.69) is 10.3 Å². The molecule has 0 spiro atoms. The van der Waals surface area contributed by atoms with Crippen molar-refractivity contribution in [1.82, 2.24) is 10.3 Å². The number of aromatic nitrogens is 1. The van der Waals surface area contributed by atoms with Gasteiger partial charge in [-0.15, -0.1) is 11.3 Å². The van der Waals surface area contributed by atoms with E-state index in [1.807, 2.05) is 36.4 Å². The van der Waals surface area contributed by atoms with Crippen LogP contribution in [0.25, 0.3) is 10.6 Å². The second kappa shape index (κ2) is 8.04. The fraction of sp³-hybridized carbons (Fsp3) is 0.368. The molecular weight excluding hydrogens is 334 g/mol. The molecule has 1 atom stereocenters. The molecule has 1 N–H and O–H groups in total. The maximum Gasteiger partial charge on any atom is 0.245 e. The van der Waals surface area contributed by atoms with Gasteiger partial charge in [-0.05, 0) is 12.8 Å². The zero-order valence-corrected chi connectivity index (χ0v) is 14.6. The van der Waals surface area contributed by atoms with Crippen LogP contribution in [-0.4, -0.2) is 22.7 Å². The summed E-state index contributed by atoms with van der Waals surface area (Å²) < 4.78 is 0. The molecule has 25 heavy (non-hydrogen) atoms. The number of Topliss-reactive ketones (excluding diaryl/α,β-unsaturated/α-hetero) is 1. The van der Waals surface area contributed by atoms with E-state index in [0.717, 1.165) is 31.2 Å². The molecule has 2 aromatic rings. The number of hydrogen-bond donors (Lipinski definition) is 1. The summed E-state index contributed by atoms with van der Waals surface area (Å²) in [6.45, 7) is 0. The highest BCUT2D eigenvalue weighted by Crippen LogP contribution is 2.25. The molecule has 1 aromatic carbocycles. The van der Waals surface area contributed by atoms with Crippen molar-refractivity contribution in [3.8, 4) is 16.6 Å². The molecule has 1 aromatic heterocycles. The first-order chi connectivity index (χ1) is 12.2. The van der Waals surface area contributed by atoms with Gasteiger partial charge in [-0.1, -0.05) is 49.6 Å². The molecule has 3 rings (SSSR count).